The fourth-order valence-corrected chi connectivity index (χ4v) is 7.40. The van der Waals surface area contributed by atoms with Crippen molar-refractivity contribution in [1.29, 1.82) is 0 Å². The molecule has 0 bridgehead atoms. The van der Waals surface area contributed by atoms with Crippen molar-refractivity contribution < 1.29 is 32.7 Å². The van der Waals surface area contributed by atoms with E-state index in [4.69, 9.17) is 28.1 Å². The van der Waals surface area contributed by atoms with E-state index in [1.54, 1.807) is 0 Å². The number of hydrogen-bond donors (Lipinski definition) is 0. The molecule has 9 nitrogen and oxygen atoms in total. The van der Waals surface area contributed by atoms with Gasteiger partial charge >= 0.3 is 5.89 Å². The van der Waals surface area contributed by atoms with Crippen LogP contribution < -0.4 is 19.1 Å². The molecule has 1 aliphatic carbocycles. The Hall–Kier alpha value is -5.45. The number of hydrogen-bond acceptors (Lipinski definition) is 8. The summed E-state index contributed by atoms with van der Waals surface area (Å²) >= 11 is 0. The molecule has 7 rings (SSSR count). The highest BCUT2D eigenvalue weighted by molar-refractivity contribution is 5.75. The second-order valence-corrected chi connectivity index (χ2v) is 14.3. The molecule has 0 unspecified atom stereocenters. The first-order valence-corrected chi connectivity index (χ1v) is 20.6. The van der Waals surface area contributed by atoms with Crippen LogP contribution in [0.5, 0.6) is 5.75 Å². The summed E-state index contributed by atoms with van der Waals surface area (Å²) in [6.45, 7) is 14.2. The van der Waals surface area contributed by atoms with Gasteiger partial charge in [0.05, 0.1) is 50.5 Å². The lowest BCUT2D eigenvalue weighted by atomic mass is 10.1. The van der Waals surface area contributed by atoms with E-state index in [1.807, 2.05) is 13.8 Å². The largest absolute Gasteiger partial charge is 0.439 e. The Bertz CT molecular complexity index is 2200. The Morgan fingerprint density at radius 1 is 0.690 bits per heavy atom. The van der Waals surface area contributed by atoms with Gasteiger partial charge in [0.15, 0.2) is 12.3 Å². The van der Waals surface area contributed by atoms with E-state index in [1.165, 1.54) is 11.1 Å². The summed E-state index contributed by atoms with van der Waals surface area (Å²) in [4.78, 5) is 4.58. The van der Waals surface area contributed by atoms with Crippen LogP contribution in [0.1, 0.15) is 43.7 Å². The Morgan fingerprint density at radius 3 is 2.05 bits per heavy atom. The van der Waals surface area contributed by atoms with E-state index >= 15 is 0 Å². The second kappa shape index (κ2) is 20.3. The van der Waals surface area contributed by atoms with Crippen LogP contribution in [0.4, 0.5) is 17.1 Å². The van der Waals surface area contributed by atoms with E-state index in [-0.39, 0.29) is 0 Å². The third-order valence-corrected chi connectivity index (χ3v) is 10.2. The van der Waals surface area contributed by atoms with Gasteiger partial charge in [-0.3, -0.25) is 0 Å². The zero-order valence-corrected chi connectivity index (χ0v) is 34.3. The van der Waals surface area contributed by atoms with Crippen LogP contribution >= 0.6 is 0 Å². The van der Waals surface area contributed by atoms with E-state index in [9.17, 15) is 0 Å². The number of benzene rings is 4. The maximum absolute atomic E-state index is 6.55. The standard InChI is InChI=1S/C49H56N3O6/c1-5-53-31-33-55-29-27-50-43-23-17-37(3)35-45(43)57-47(50)25-21-39-19-20-40(49(39)52(41-13-9-7-10-14-41)42-15-11-8-12-16-42)22-26-48-51(28-30-56-34-32-54-6-2)44-24-18-38(4)36-46(44)58-48/h7-18,21-26,35-36H,5-6,19-20,27-34H2,1-4H3/q+1. The summed E-state index contributed by atoms with van der Waals surface area (Å²) in [5.74, 6) is 2.41. The summed E-state index contributed by atoms with van der Waals surface area (Å²) in [7, 11) is 0. The van der Waals surface area contributed by atoms with Crippen LogP contribution in [-0.2, 0) is 25.5 Å². The summed E-state index contributed by atoms with van der Waals surface area (Å²) in [5, 5.41) is 0. The number of ether oxygens (including phenoxy) is 5. The van der Waals surface area contributed by atoms with Gasteiger partial charge < -0.3 is 37.9 Å². The van der Waals surface area contributed by atoms with Crippen molar-refractivity contribution in [3.05, 3.63) is 155 Å². The molecule has 1 aromatic heterocycles. The van der Waals surface area contributed by atoms with E-state index < -0.39 is 0 Å². The topological polar surface area (TPSA) is 69.7 Å². The lowest BCUT2D eigenvalue weighted by Crippen LogP contribution is -2.37. The molecule has 5 aromatic rings. The first-order valence-electron chi connectivity index (χ1n) is 20.6. The molecule has 9 heteroatoms. The van der Waals surface area contributed by atoms with Crippen LogP contribution in [0, 0.1) is 13.8 Å². The number of allylic oxidation sites excluding steroid dienone is 5. The number of aryl methyl sites for hydroxylation is 2. The Labute approximate surface area is 343 Å². The van der Waals surface area contributed by atoms with Crippen molar-refractivity contribution in [3.8, 4) is 5.75 Å². The molecular formula is C49H56N3O6+. The average molecular weight is 783 g/mol. The maximum Gasteiger partial charge on any atom is 0.374 e. The van der Waals surface area contributed by atoms with Gasteiger partial charge in [0.25, 0.3) is 5.52 Å². The monoisotopic (exact) mass is 782 g/mol. The van der Waals surface area contributed by atoms with Gasteiger partial charge in [0.1, 0.15) is 6.61 Å². The van der Waals surface area contributed by atoms with Crippen molar-refractivity contribution in [1.82, 2.24) is 0 Å². The maximum atomic E-state index is 6.55. The first kappa shape index (κ1) is 40.7. The molecule has 302 valence electrons. The van der Waals surface area contributed by atoms with Crippen molar-refractivity contribution in [2.75, 3.05) is 69.2 Å². The zero-order chi connectivity index (χ0) is 40.1. The zero-order valence-electron chi connectivity index (χ0n) is 34.3. The molecule has 1 aliphatic heterocycles. The number of anilines is 3. The molecule has 58 heavy (non-hydrogen) atoms. The molecule has 0 saturated carbocycles. The van der Waals surface area contributed by atoms with Crippen molar-refractivity contribution in [2.24, 2.45) is 0 Å². The fraction of sp³-hybridized carbons (Fsp3) is 0.327. The molecule has 4 aromatic carbocycles. The van der Waals surface area contributed by atoms with E-state index in [0.717, 1.165) is 75.4 Å². The minimum absolute atomic E-state index is 0.550. The number of nitrogens with zero attached hydrogens (tertiary/aromatic N) is 3. The van der Waals surface area contributed by atoms with Crippen LogP contribution in [0.15, 0.2) is 142 Å². The normalized spacial score (nSPS) is 15.4. The molecule has 2 heterocycles. The third kappa shape index (κ3) is 9.97. The number of oxazole rings is 1. The summed E-state index contributed by atoms with van der Waals surface area (Å²) in [5.41, 5.74) is 11.0. The summed E-state index contributed by atoms with van der Waals surface area (Å²) < 4.78 is 38.2. The van der Waals surface area contributed by atoms with Gasteiger partial charge in [0.2, 0.25) is 11.5 Å². The van der Waals surface area contributed by atoms with Gasteiger partial charge in [-0.15, -0.1) is 0 Å². The van der Waals surface area contributed by atoms with Crippen molar-refractivity contribution >= 4 is 34.2 Å². The van der Waals surface area contributed by atoms with Crippen LogP contribution in [0.2, 0.25) is 0 Å². The molecular weight excluding hydrogens is 727 g/mol. The van der Waals surface area contributed by atoms with Gasteiger partial charge in [-0.1, -0.05) is 54.6 Å². The number of aromatic nitrogens is 1. The highest BCUT2D eigenvalue weighted by atomic mass is 16.5. The molecule has 0 amide bonds. The molecule has 0 fully saturated rings. The summed E-state index contributed by atoms with van der Waals surface area (Å²) in [6, 6.07) is 33.9. The van der Waals surface area contributed by atoms with Gasteiger partial charge in [-0.25, -0.2) is 0 Å². The van der Waals surface area contributed by atoms with E-state index in [0.29, 0.717) is 65.9 Å². The van der Waals surface area contributed by atoms with E-state index in [2.05, 4.69) is 150 Å². The lowest BCUT2D eigenvalue weighted by molar-refractivity contribution is -0.679. The molecule has 0 saturated heterocycles. The number of para-hydroxylation sites is 2. The molecule has 0 radical (unpaired) electrons. The van der Waals surface area contributed by atoms with Crippen LogP contribution in [0.25, 0.3) is 17.2 Å². The highest BCUT2D eigenvalue weighted by Crippen LogP contribution is 2.43. The quantitative estimate of drug-likeness (QED) is 0.0571. The van der Waals surface area contributed by atoms with Gasteiger partial charge in [-0.2, -0.15) is 4.57 Å². The minimum Gasteiger partial charge on any atom is -0.439 e. The van der Waals surface area contributed by atoms with Crippen LogP contribution in [-0.4, -0.2) is 59.4 Å². The Morgan fingerprint density at radius 2 is 1.34 bits per heavy atom. The minimum atomic E-state index is 0.550. The lowest BCUT2D eigenvalue weighted by Gasteiger charge is -2.28. The smallest absolute Gasteiger partial charge is 0.374 e. The van der Waals surface area contributed by atoms with Crippen LogP contribution in [0.3, 0.4) is 0 Å². The van der Waals surface area contributed by atoms with Crippen molar-refractivity contribution in [3.63, 3.8) is 0 Å². The molecule has 0 N–H and O–H groups in total. The molecule has 0 atom stereocenters. The first-order chi connectivity index (χ1) is 28.5. The fourth-order valence-electron chi connectivity index (χ4n) is 7.40. The summed E-state index contributed by atoms with van der Waals surface area (Å²) in [6.07, 6.45) is 10.4. The van der Waals surface area contributed by atoms with Gasteiger partial charge in [0, 0.05) is 37.2 Å². The number of fused-ring (bicyclic) bond motifs is 2. The van der Waals surface area contributed by atoms with Gasteiger partial charge in [-0.05, 0) is 117 Å². The number of rotatable bonds is 20. The molecule has 2 aliphatic rings. The predicted octanol–water partition coefficient (Wildman–Crippen LogP) is 10.0. The predicted molar refractivity (Wildman–Crippen MR) is 231 cm³/mol. The Kier molecular flexibility index (Phi) is 14.3. The third-order valence-electron chi connectivity index (χ3n) is 10.2. The highest BCUT2D eigenvalue weighted by Gasteiger charge is 2.29. The van der Waals surface area contributed by atoms with Crippen molar-refractivity contribution in [2.45, 2.75) is 47.1 Å². The second-order valence-electron chi connectivity index (χ2n) is 14.3. The Balaban J connectivity index is 1.27. The molecule has 0 spiro atoms. The average Bonchev–Trinajstić information content (AvgIpc) is 3.91. The SMILES string of the molecule is CCOCCOCCN1/C(=C/C=C2\CCC(/C=C/c3oc4cc(C)ccc4[n+]3CCOCCOCC)=C2N(c2ccccc2)c2ccccc2)Oc2cc(C)ccc21.